The molecule has 1 aromatic heterocycles. The smallest absolute Gasteiger partial charge is 0.291 e. The number of fused-ring (bicyclic) bond motifs is 1. The Morgan fingerprint density at radius 3 is 2.63 bits per heavy atom. The number of methoxy groups -OCH3 is 1. The fourth-order valence-electron chi connectivity index (χ4n) is 3.63. The predicted molar refractivity (Wildman–Crippen MR) is 113 cm³/mol. The first-order chi connectivity index (χ1) is 14.5. The van der Waals surface area contributed by atoms with E-state index in [1.165, 1.54) is 0 Å². The number of imidazole rings is 1. The lowest BCUT2D eigenvalue weighted by molar-refractivity contribution is -0.132. The number of amides is 1. The van der Waals surface area contributed by atoms with Gasteiger partial charge in [-0.25, -0.2) is 4.98 Å². The number of hydrogen-bond donors (Lipinski definition) is 0. The first kappa shape index (κ1) is 20.5. The standard InChI is InChI=1S/C21H22F2N4O2S/c1-29-16-6-4-5-15(13-16)25-9-11-26(12-10-25)19(28)14-27-18-8-3-2-7-17(18)24-21(27)30-20(22)23/h2-8,13,20H,9-12,14H2,1H3. The van der Waals surface area contributed by atoms with Crippen LogP contribution in [0.3, 0.4) is 0 Å². The minimum atomic E-state index is -2.60. The van der Waals surface area contributed by atoms with E-state index in [-0.39, 0.29) is 17.6 Å². The van der Waals surface area contributed by atoms with E-state index in [1.807, 2.05) is 30.3 Å². The van der Waals surface area contributed by atoms with E-state index >= 15 is 0 Å². The van der Waals surface area contributed by atoms with Gasteiger partial charge in [-0.15, -0.1) is 0 Å². The number of alkyl halides is 2. The minimum Gasteiger partial charge on any atom is -0.497 e. The summed E-state index contributed by atoms with van der Waals surface area (Å²) in [6.45, 7) is 2.53. The van der Waals surface area contributed by atoms with Crippen molar-refractivity contribution < 1.29 is 18.3 Å². The van der Waals surface area contributed by atoms with Crippen molar-refractivity contribution in [2.24, 2.45) is 0 Å². The van der Waals surface area contributed by atoms with Gasteiger partial charge in [0.1, 0.15) is 12.3 Å². The molecule has 0 bridgehead atoms. The van der Waals surface area contributed by atoms with E-state index in [0.29, 0.717) is 49.0 Å². The molecule has 158 valence electrons. The summed E-state index contributed by atoms with van der Waals surface area (Å²) in [6, 6.07) is 15.0. The number of aromatic nitrogens is 2. The van der Waals surface area contributed by atoms with Crippen molar-refractivity contribution in [1.29, 1.82) is 0 Å². The summed E-state index contributed by atoms with van der Waals surface area (Å²) in [7, 11) is 1.64. The zero-order chi connectivity index (χ0) is 21.1. The molecule has 1 aliphatic rings. The van der Waals surface area contributed by atoms with Crippen LogP contribution in [0.5, 0.6) is 5.75 Å². The highest BCUT2D eigenvalue weighted by Gasteiger charge is 2.24. The van der Waals surface area contributed by atoms with Gasteiger partial charge in [-0.1, -0.05) is 18.2 Å². The molecule has 0 radical (unpaired) electrons. The van der Waals surface area contributed by atoms with Crippen LogP contribution in [0.1, 0.15) is 0 Å². The third kappa shape index (κ3) is 4.35. The van der Waals surface area contributed by atoms with Gasteiger partial charge in [-0.05, 0) is 36.0 Å². The van der Waals surface area contributed by atoms with Crippen molar-refractivity contribution in [3.05, 3.63) is 48.5 Å². The average molecular weight is 432 g/mol. The predicted octanol–water partition coefficient (Wildman–Crippen LogP) is 3.71. The molecular formula is C21H22F2N4O2S. The molecule has 0 spiro atoms. The maximum Gasteiger partial charge on any atom is 0.291 e. The zero-order valence-corrected chi connectivity index (χ0v) is 17.3. The number of hydrogen-bond acceptors (Lipinski definition) is 5. The molecule has 4 rings (SSSR count). The van der Waals surface area contributed by atoms with Gasteiger partial charge in [0.15, 0.2) is 5.16 Å². The lowest BCUT2D eigenvalue weighted by Gasteiger charge is -2.36. The van der Waals surface area contributed by atoms with Gasteiger partial charge < -0.3 is 19.1 Å². The van der Waals surface area contributed by atoms with E-state index in [2.05, 4.69) is 9.88 Å². The lowest BCUT2D eigenvalue weighted by Crippen LogP contribution is -2.49. The topological polar surface area (TPSA) is 50.6 Å². The van der Waals surface area contributed by atoms with E-state index in [1.54, 1.807) is 34.8 Å². The van der Waals surface area contributed by atoms with Crippen LogP contribution in [0.15, 0.2) is 53.7 Å². The van der Waals surface area contributed by atoms with Crippen molar-refractivity contribution in [2.45, 2.75) is 17.5 Å². The Balaban J connectivity index is 1.45. The SMILES string of the molecule is COc1cccc(N2CCN(C(=O)Cn3c(SC(F)F)nc4ccccc43)CC2)c1. The second kappa shape index (κ2) is 8.91. The summed E-state index contributed by atoms with van der Waals surface area (Å²) in [5.41, 5.74) is 2.35. The van der Waals surface area contributed by atoms with Gasteiger partial charge in [0, 0.05) is 37.9 Å². The normalized spacial score (nSPS) is 14.5. The van der Waals surface area contributed by atoms with Crippen LogP contribution < -0.4 is 9.64 Å². The molecule has 1 fully saturated rings. The van der Waals surface area contributed by atoms with E-state index < -0.39 is 5.76 Å². The second-order valence-corrected chi connectivity index (χ2v) is 7.87. The molecule has 0 N–H and O–H groups in total. The number of carbonyl (C=O) groups is 1. The summed E-state index contributed by atoms with van der Waals surface area (Å²) in [5.74, 6) is -1.90. The maximum absolute atomic E-state index is 13.0. The molecule has 1 aliphatic heterocycles. The van der Waals surface area contributed by atoms with Crippen LogP contribution in [-0.2, 0) is 11.3 Å². The third-order valence-corrected chi connectivity index (χ3v) is 5.86. The number of anilines is 1. The van der Waals surface area contributed by atoms with Crippen molar-refractivity contribution in [3.8, 4) is 5.75 Å². The summed E-state index contributed by atoms with van der Waals surface area (Å²) in [4.78, 5) is 21.2. The highest BCUT2D eigenvalue weighted by molar-refractivity contribution is 7.99. The fourth-order valence-corrected chi connectivity index (χ4v) is 4.23. The van der Waals surface area contributed by atoms with Crippen LogP contribution in [0.2, 0.25) is 0 Å². The summed E-state index contributed by atoms with van der Waals surface area (Å²) in [6.07, 6.45) is 0. The Morgan fingerprint density at radius 2 is 1.90 bits per heavy atom. The van der Waals surface area contributed by atoms with Crippen LogP contribution in [0.25, 0.3) is 11.0 Å². The Morgan fingerprint density at radius 1 is 1.13 bits per heavy atom. The average Bonchev–Trinajstić information content (AvgIpc) is 3.10. The molecule has 9 heteroatoms. The minimum absolute atomic E-state index is 0.00523. The van der Waals surface area contributed by atoms with Crippen LogP contribution in [0.4, 0.5) is 14.5 Å². The second-order valence-electron chi connectivity index (χ2n) is 6.92. The number of benzene rings is 2. The molecule has 1 amide bonds. The van der Waals surface area contributed by atoms with Crippen LogP contribution in [-0.4, -0.2) is 59.4 Å². The van der Waals surface area contributed by atoms with Gasteiger partial charge in [-0.3, -0.25) is 4.79 Å². The Hall–Kier alpha value is -2.81. The van der Waals surface area contributed by atoms with E-state index in [0.717, 1.165) is 11.4 Å². The first-order valence-corrected chi connectivity index (χ1v) is 10.5. The van der Waals surface area contributed by atoms with Crippen molar-refractivity contribution >= 4 is 34.4 Å². The van der Waals surface area contributed by atoms with Crippen molar-refractivity contribution in [3.63, 3.8) is 0 Å². The molecular weight excluding hydrogens is 410 g/mol. The highest BCUT2D eigenvalue weighted by Crippen LogP contribution is 2.29. The number of piperazine rings is 1. The number of ether oxygens (including phenoxy) is 1. The summed E-state index contributed by atoms with van der Waals surface area (Å²) in [5, 5.41) is 0.162. The number of nitrogens with zero attached hydrogens (tertiary/aromatic N) is 4. The molecule has 0 unspecified atom stereocenters. The molecule has 3 aromatic rings. The third-order valence-electron chi connectivity index (χ3n) is 5.16. The molecule has 0 aliphatic carbocycles. The van der Waals surface area contributed by atoms with Gasteiger partial charge in [-0.2, -0.15) is 8.78 Å². The molecule has 6 nitrogen and oxygen atoms in total. The number of rotatable bonds is 6. The lowest BCUT2D eigenvalue weighted by atomic mass is 10.2. The van der Waals surface area contributed by atoms with Crippen molar-refractivity contribution in [2.75, 3.05) is 38.2 Å². The highest BCUT2D eigenvalue weighted by atomic mass is 32.2. The van der Waals surface area contributed by atoms with E-state index in [4.69, 9.17) is 4.74 Å². The van der Waals surface area contributed by atoms with Crippen LogP contribution in [0, 0.1) is 0 Å². The number of thioether (sulfide) groups is 1. The van der Waals surface area contributed by atoms with Gasteiger partial charge in [0.25, 0.3) is 5.76 Å². The number of carbonyl (C=O) groups excluding carboxylic acids is 1. The monoisotopic (exact) mass is 432 g/mol. The summed E-state index contributed by atoms with van der Waals surface area (Å²) >= 11 is 0.368. The van der Waals surface area contributed by atoms with Crippen molar-refractivity contribution in [1.82, 2.24) is 14.5 Å². The van der Waals surface area contributed by atoms with E-state index in [9.17, 15) is 13.6 Å². The van der Waals surface area contributed by atoms with Gasteiger partial charge in [0.05, 0.1) is 18.1 Å². The molecule has 0 atom stereocenters. The largest absolute Gasteiger partial charge is 0.497 e. The molecule has 2 heterocycles. The maximum atomic E-state index is 13.0. The molecule has 2 aromatic carbocycles. The summed E-state index contributed by atoms with van der Waals surface area (Å²) < 4.78 is 32.8. The fraction of sp³-hybridized carbons (Fsp3) is 0.333. The Bertz CT molecular complexity index is 1030. The molecule has 30 heavy (non-hydrogen) atoms. The molecule has 0 saturated carbocycles. The number of halogens is 2. The van der Waals surface area contributed by atoms with Gasteiger partial charge in [0.2, 0.25) is 5.91 Å². The zero-order valence-electron chi connectivity index (χ0n) is 16.5. The molecule has 1 saturated heterocycles. The Kier molecular flexibility index (Phi) is 6.08. The quantitative estimate of drug-likeness (QED) is 0.556. The number of para-hydroxylation sites is 2. The Labute approximate surface area is 177 Å². The first-order valence-electron chi connectivity index (χ1n) is 9.62. The van der Waals surface area contributed by atoms with Gasteiger partial charge >= 0.3 is 0 Å². The van der Waals surface area contributed by atoms with Crippen LogP contribution >= 0.6 is 11.8 Å².